The summed E-state index contributed by atoms with van der Waals surface area (Å²) in [6.07, 6.45) is 0. The van der Waals surface area contributed by atoms with E-state index in [9.17, 15) is 9.59 Å². The summed E-state index contributed by atoms with van der Waals surface area (Å²) >= 11 is 0. The Morgan fingerprint density at radius 2 is 2.42 bits per heavy atom. The molecule has 1 rings (SSSR count). The molecule has 0 aliphatic carbocycles. The average molecular weight is 190 g/mol. The van der Waals surface area contributed by atoms with Gasteiger partial charge >= 0.3 is 5.97 Å². The van der Waals surface area contributed by atoms with Crippen molar-refractivity contribution in [3.8, 4) is 0 Å². The van der Waals surface area contributed by atoms with Gasteiger partial charge in [-0.05, 0) is 7.05 Å². The second kappa shape index (κ2) is 3.37. The van der Waals surface area contributed by atoms with Crippen molar-refractivity contribution in [3.05, 3.63) is 0 Å². The number of carboxylic acids is 1. The summed E-state index contributed by atoms with van der Waals surface area (Å²) in [6.45, 7) is 0.452. The maximum absolute atomic E-state index is 10.9. The van der Waals surface area contributed by atoms with Gasteiger partial charge < -0.3 is 10.4 Å². The quantitative estimate of drug-likeness (QED) is 0.438. The van der Waals surface area contributed by atoms with E-state index in [0.29, 0.717) is 6.54 Å². The van der Waals surface area contributed by atoms with Crippen LogP contribution in [-0.2, 0) is 9.59 Å². The lowest BCUT2D eigenvalue weighted by Gasteiger charge is -2.34. The van der Waals surface area contributed by atoms with Crippen molar-refractivity contribution in [2.75, 3.05) is 13.6 Å². The lowest BCUT2D eigenvalue weighted by atomic mass is 9.90. The van der Waals surface area contributed by atoms with E-state index in [4.69, 9.17) is 5.11 Å². The van der Waals surface area contributed by atoms with E-state index in [2.05, 4.69) is 14.7 Å². The highest BCUT2D eigenvalue weighted by Crippen LogP contribution is 2.17. The number of rotatable bonds is 3. The Balaban J connectivity index is 2.50. The minimum atomic E-state index is -0.966. The number of β-lactam (4-membered cyclic amide) rings is 1. The van der Waals surface area contributed by atoms with Crippen molar-refractivity contribution in [2.45, 2.75) is 6.04 Å². The van der Waals surface area contributed by atoms with Crippen LogP contribution in [0.15, 0.2) is 0 Å². The molecule has 1 aliphatic heterocycles. The van der Waals surface area contributed by atoms with Crippen LogP contribution in [0.25, 0.3) is 0 Å². The van der Waals surface area contributed by atoms with E-state index in [1.165, 1.54) is 0 Å². The van der Waals surface area contributed by atoms with Gasteiger partial charge in [0.25, 0.3) is 0 Å². The molecule has 1 heterocycles. The minimum Gasteiger partial charge on any atom is -0.480 e. The predicted molar refractivity (Wildman–Crippen MR) is 45.4 cm³/mol. The number of carbonyl (C=O) groups excluding carboxylic acids is 1. The van der Waals surface area contributed by atoms with Crippen molar-refractivity contribution in [3.63, 3.8) is 0 Å². The highest BCUT2D eigenvalue weighted by molar-refractivity contribution is 7.13. The fraction of sp³-hybridized carbons (Fsp3) is 0.667. The first kappa shape index (κ1) is 9.42. The second-order valence-electron chi connectivity index (χ2n) is 2.87. The molecule has 1 fully saturated rings. The molecule has 1 amide bonds. The number of nitrogens with zero attached hydrogens (tertiary/aromatic N) is 1. The summed E-state index contributed by atoms with van der Waals surface area (Å²) in [7, 11) is 4.16. The lowest BCUT2D eigenvalue weighted by Crippen LogP contribution is -2.64. The third-order valence-electron chi connectivity index (χ3n) is 1.79. The first-order valence-electron chi connectivity index (χ1n) is 3.51. The monoisotopic (exact) mass is 190 g/mol. The summed E-state index contributed by atoms with van der Waals surface area (Å²) in [4.78, 5) is 21.3. The molecular weight excluding hydrogens is 179 g/mol. The Bertz CT molecular complexity index is 219. The number of hydrogen-bond donors (Lipinski definition) is 2. The van der Waals surface area contributed by atoms with Crippen LogP contribution in [0.4, 0.5) is 0 Å². The van der Waals surface area contributed by atoms with Crippen molar-refractivity contribution >= 4 is 21.3 Å². The molecule has 5 nitrogen and oxygen atoms in total. The van der Waals surface area contributed by atoms with Gasteiger partial charge in [0.05, 0.1) is 5.92 Å². The normalized spacial score (nSPS) is 28.1. The van der Waals surface area contributed by atoms with E-state index in [-0.39, 0.29) is 5.91 Å². The SMILES string of the molecule is CN(P)CC1C(=O)NC1C(=O)O. The van der Waals surface area contributed by atoms with Crippen LogP contribution >= 0.6 is 9.39 Å². The molecule has 0 aromatic heterocycles. The van der Waals surface area contributed by atoms with E-state index in [1.54, 1.807) is 11.7 Å². The maximum Gasteiger partial charge on any atom is 0.327 e. The van der Waals surface area contributed by atoms with Gasteiger partial charge in [0, 0.05) is 6.54 Å². The highest BCUT2D eigenvalue weighted by atomic mass is 31.0. The number of carboxylic acid groups (broad SMARTS) is 1. The zero-order chi connectivity index (χ0) is 9.30. The highest BCUT2D eigenvalue weighted by Gasteiger charge is 2.44. The fourth-order valence-corrected chi connectivity index (χ4v) is 1.38. The van der Waals surface area contributed by atoms with E-state index in [0.717, 1.165) is 0 Å². The second-order valence-corrected chi connectivity index (χ2v) is 3.75. The maximum atomic E-state index is 10.9. The third kappa shape index (κ3) is 1.73. The summed E-state index contributed by atoms with van der Waals surface area (Å²) in [5.41, 5.74) is 0. The van der Waals surface area contributed by atoms with Gasteiger partial charge in [-0.1, -0.05) is 9.39 Å². The summed E-state index contributed by atoms with van der Waals surface area (Å²) in [5.74, 6) is -1.56. The van der Waals surface area contributed by atoms with Gasteiger partial charge in [-0.15, -0.1) is 0 Å². The van der Waals surface area contributed by atoms with Crippen molar-refractivity contribution in [2.24, 2.45) is 5.92 Å². The number of amides is 1. The summed E-state index contributed by atoms with van der Waals surface area (Å²) < 4.78 is 1.72. The molecule has 1 aliphatic rings. The number of carbonyl (C=O) groups is 2. The molecule has 0 bridgehead atoms. The molecule has 0 radical (unpaired) electrons. The van der Waals surface area contributed by atoms with E-state index < -0.39 is 17.9 Å². The first-order chi connectivity index (χ1) is 5.52. The van der Waals surface area contributed by atoms with Crippen LogP contribution in [0, 0.1) is 5.92 Å². The van der Waals surface area contributed by atoms with Gasteiger partial charge in [0.1, 0.15) is 6.04 Å². The molecule has 2 N–H and O–H groups in total. The standard InChI is InChI=1S/C6H11N2O3P/c1-8(12)2-3-4(6(10)11)7-5(3)9/h3-4H,2,12H2,1H3,(H,7,9)(H,10,11). The molecule has 12 heavy (non-hydrogen) atoms. The fourth-order valence-electron chi connectivity index (χ4n) is 1.15. The Labute approximate surface area is 72.4 Å². The zero-order valence-corrected chi connectivity index (χ0v) is 7.80. The molecule has 0 spiro atoms. The smallest absolute Gasteiger partial charge is 0.327 e. The molecule has 6 heteroatoms. The Morgan fingerprint density at radius 1 is 1.83 bits per heavy atom. The molecule has 0 saturated carbocycles. The van der Waals surface area contributed by atoms with E-state index >= 15 is 0 Å². The summed E-state index contributed by atoms with van der Waals surface area (Å²) in [6, 6.07) is -0.708. The predicted octanol–water partition coefficient (Wildman–Crippen LogP) is -1.09. The van der Waals surface area contributed by atoms with Gasteiger partial charge in [-0.3, -0.25) is 9.46 Å². The first-order valence-corrected chi connectivity index (χ1v) is 4.03. The third-order valence-corrected chi connectivity index (χ3v) is 2.00. The van der Waals surface area contributed by atoms with Crippen LogP contribution < -0.4 is 5.32 Å². The summed E-state index contributed by atoms with van der Waals surface area (Å²) in [5, 5.41) is 10.9. The largest absolute Gasteiger partial charge is 0.480 e. The molecule has 68 valence electrons. The molecule has 0 aromatic rings. The molecular formula is C6H11N2O3P. The van der Waals surface area contributed by atoms with Crippen molar-refractivity contribution < 1.29 is 14.7 Å². The molecule has 1 saturated heterocycles. The van der Waals surface area contributed by atoms with Crippen LogP contribution in [0.1, 0.15) is 0 Å². The van der Waals surface area contributed by atoms with Crippen LogP contribution in [0.5, 0.6) is 0 Å². The Morgan fingerprint density at radius 3 is 2.75 bits per heavy atom. The average Bonchev–Trinajstić information content (AvgIpc) is 1.95. The number of nitrogens with one attached hydrogen (secondary N) is 1. The van der Waals surface area contributed by atoms with Crippen molar-refractivity contribution in [1.29, 1.82) is 0 Å². The molecule has 3 atom stereocenters. The van der Waals surface area contributed by atoms with Crippen LogP contribution in [0.2, 0.25) is 0 Å². The van der Waals surface area contributed by atoms with Gasteiger partial charge in [0.15, 0.2) is 0 Å². The lowest BCUT2D eigenvalue weighted by molar-refractivity contribution is -0.153. The van der Waals surface area contributed by atoms with Gasteiger partial charge in [0.2, 0.25) is 5.91 Å². The number of aliphatic carboxylic acids is 1. The Kier molecular flexibility index (Phi) is 2.65. The van der Waals surface area contributed by atoms with Gasteiger partial charge in [-0.2, -0.15) is 0 Å². The number of hydrogen-bond acceptors (Lipinski definition) is 3. The van der Waals surface area contributed by atoms with Crippen molar-refractivity contribution in [1.82, 2.24) is 9.99 Å². The Hall–Kier alpha value is -0.670. The van der Waals surface area contributed by atoms with Crippen LogP contribution in [0.3, 0.4) is 0 Å². The van der Waals surface area contributed by atoms with E-state index in [1.807, 2.05) is 0 Å². The topological polar surface area (TPSA) is 69.6 Å². The molecule has 3 unspecified atom stereocenters. The minimum absolute atomic E-state index is 0.184. The van der Waals surface area contributed by atoms with Gasteiger partial charge in [-0.25, -0.2) is 4.79 Å². The zero-order valence-electron chi connectivity index (χ0n) is 6.65. The molecule has 0 aromatic carbocycles. The van der Waals surface area contributed by atoms with Crippen LogP contribution in [-0.4, -0.2) is 41.3 Å².